The predicted molar refractivity (Wildman–Crippen MR) is 191 cm³/mol. The van der Waals surface area contributed by atoms with Crippen molar-refractivity contribution in [1.29, 1.82) is 0 Å². The topological polar surface area (TPSA) is 145 Å². The maximum atomic E-state index is 14.3. The molecular formula is C41H35N5O6. The maximum Gasteiger partial charge on any atom is 0.249 e. The van der Waals surface area contributed by atoms with Gasteiger partial charge in [0.05, 0.1) is 12.8 Å². The Kier molecular flexibility index (Phi) is 6.16. The zero-order chi connectivity index (χ0) is 34.9. The highest BCUT2D eigenvalue weighted by molar-refractivity contribution is 6.07. The minimum Gasteiger partial charge on any atom is -0.469 e. The smallest absolute Gasteiger partial charge is 0.249 e. The van der Waals surface area contributed by atoms with Crippen molar-refractivity contribution in [3.63, 3.8) is 0 Å². The molecule has 52 heavy (non-hydrogen) atoms. The monoisotopic (exact) mass is 693 g/mol. The Hall–Kier alpha value is -5.68. The Morgan fingerprint density at radius 2 is 1.90 bits per heavy atom. The normalized spacial score (nSPS) is 24.9. The number of carbonyl (C=O) groups excluding carboxylic acids is 2. The molecular weight excluding hydrogens is 658 g/mol. The van der Waals surface area contributed by atoms with Crippen LogP contribution in [-0.4, -0.2) is 46.1 Å². The number of anilines is 1. The fraction of sp³-hybridized carbons (Fsp3) is 0.317. The number of ether oxygens (including phenoxy) is 2. The van der Waals surface area contributed by atoms with Crippen molar-refractivity contribution < 1.29 is 27.9 Å². The van der Waals surface area contributed by atoms with Gasteiger partial charge >= 0.3 is 0 Å². The molecule has 0 aliphatic carbocycles. The molecule has 11 nitrogen and oxygen atoms in total. The number of aromatic amines is 1. The Bertz CT molecular complexity index is 2490. The highest BCUT2D eigenvalue weighted by atomic mass is 16.5. The van der Waals surface area contributed by atoms with Crippen LogP contribution >= 0.6 is 0 Å². The first kappa shape index (κ1) is 30.0. The molecule has 2 unspecified atom stereocenters. The second-order valence-corrected chi connectivity index (χ2v) is 15.1. The van der Waals surface area contributed by atoms with E-state index in [1.54, 1.807) is 6.20 Å². The van der Waals surface area contributed by atoms with E-state index < -0.39 is 23.6 Å². The van der Waals surface area contributed by atoms with E-state index in [2.05, 4.69) is 58.1 Å². The third-order valence-electron chi connectivity index (χ3n) is 11.8. The molecule has 5 aliphatic rings. The van der Waals surface area contributed by atoms with Crippen molar-refractivity contribution in [3.05, 3.63) is 95.3 Å². The van der Waals surface area contributed by atoms with Gasteiger partial charge in [-0.05, 0) is 42.0 Å². The Balaban J connectivity index is 1.20. The van der Waals surface area contributed by atoms with Crippen LogP contribution in [0.4, 0.5) is 5.69 Å². The van der Waals surface area contributed by atoms with Crippen LogP contribution in [0.25, 0.3) is 44.9 Å². The van der Waals surface area contributed by atoms with Crippen molar-refractivity contribution >= 4 is 28.3 Å². The standard InChI is InChI=1S/C41H35N5O6/c1-19(2)33-39-45-35-36(52-39)41-26-7-3-6-24(23-5-4-8-28-32(23)25(16-42-28)31-17-43-38(35)50-31)34(26)46-40(41)51-30-10-9-20(14-27(30)41)13-22(37(48)44-33)15-29(47)21-11-12-49-18-21/h3-10,14,16-17,19,21-22,33,40,42,46H,11-13,15,18H2,1-2H3,(H,44,48)/t21-,22?,33+,40?,41+/m1/s1. The van der Waals surface area contributed by atoms with Crippen LogP contribution in [0.2, 0.25) is 0 Å². The third kappa shape index (κ3) is 3.99. The van der Waals surface area contributed by atoms with Crippen molar-refractivity contribution in [3.8, 4) is 39.8 Å². The van der Waals surface area contributed by atoms with E-state index in [1.807, 2.05) is 32.2 Å². The van der Waals surface area contributed by atoms with Crippen LogP contribution in [0.1, 0.15) is 61.1 Å². The van der Waals surface area contributed by atoms with Gasteiger partial charge in [0.25, 0.3) is 0 Å². The largest absolute Gasteiger partial charge is 0.469 e. The lowest BCUT2D eigenvalue weighted by molar-refractivity contribution is -0.131. The lowest BCUT2D eigenvalue weighted by Gasteiger charge is -2.28. The van der Waals surface area contributed by atoms with Crippen LogP contribution in [0.3, 0.4) is 0 Å². The van der Waals surface area contributed by atoms with Gasteiger partial charge < -0.3 is 33.9 Å². The number of hydrogen-bond acceptors (Lipinski definition) is 9. The van der Waals surface area contributed by atoms with Crippen LogP contribution in [0, 0.1) is 17.8 Å². The number of nitrogens with one attached hydrogen (secondary N) is 3. The van der Waals surface area contributed by atoms with Gasteiger partial charge in [-0.1, -0.05) is 56.3 Å². The van der Waals surface area contributed by atoms with Crippen molar-refractivity contribution in [1.82, 2.24) is 20.3 Å². The summed E-state index contributed by atoms with van der Waals surface area (Å²) < 4.78 is 26.0. The molecule has 5 aliphatic heterocycles. The van der Waals surface area contributed by atoms with Crippen LogP contribution in [0.5, 0.6) is 5.75 Å². The summed E-state index contributed by atoms with van der Waals surface area (Å²) in [6.45, 7) is 5.02. The molecule has 3 aromatic heterocycles. The molecule has 10 bridgehead atoms. The van der Waals surface area contributed by atoms with Gasteiger partial charge in [-0.15, -0.1) is 0 Å². The van der Waals surface area contributed by atoms with Crippen LogP contribution in [-0.2, 0) is 26.2 Å². The number of ketones is 1. The summed E-state index contributed by atoms with van der Waals surface area (Å²) >= 11 is 0. The second-order valence-electron chi connectivity index (χ2n) is 15.1. The van der Waals surface area contributed by atoms with Gasteiger partial charge in [0.15, 0.2) is 23.4 Å². The summed E-state index contributed by atoms with van der Waals surface area (Å²) in [6.07, 6.45) is 4.27. The molecule has 260 valence electrons. The number of aromatic nitrogens is 3. The first-order valence-corrected chi connectivity index (χ1v) is 18.1. The van der Waals surface area contributed by atoms with Crippen molar-refractivity contribution in [2.24, 2.45) is 17.8 Å². The quantitative estimate of drug-likeness (QED) is 0.179. The number of amides is 1. The first-order chi connectivity index (χ1) is 25.4. The summed E-state index contributed by atoms with van der Waals surface area (Å²) in [4.78, 5) is 41.2. The number of H-pyrrole nitrogens is 1. The second kappa shape index (κ2) is 10.7. The van der Waals surface area contributed by atoms with E-state index in [0.717, 1.165) is 50.0 Å². The fourth-order valence-electron chi connectivity index (χ4n) is 9.17. The van der Waals surface area contributed by atoms with E-state index in [4.69, 9.17) is 28.3 Å². The van der Waals surface area contributed by atoms with E-state index >= 15 is 0 Å². The molecule has 11 rings (SSSR count). The lowest BCUT2D eigenvalue weighted by Crippen LogP contribution is -2.40. The molecule has 1 spiro atoms. The molecule has 8 heterocycles. The molecule has 5 atom stereocenters. The average molecular weight is 694 g/mol. The number of Topliss-reactive ketones (excluding diaryl/α,β-unsaturated/α-hetero) is 1. The zero-order valence-electron chi connectivity index (χ0n) is 28.6. The number of fused-ring (bicyclic) bond motifs is 7. The van der Waals surface area contributed by atoms with Crippen molar-refractivity contribution in [2.45, 2.75) is 50.8 Å². The van der Waals surface area contributed by atoms with Crippen molar-refractivity contribution in [2.75, 3.05) is 18.5 Å². The summed E-state index contributed by atoms with van der Waals surface area (Å²) in [5.41, 5.74) is 7.10. The Morgan fingerprint density at radius 1 is 1.02 bits per heavy atom. The number of benzene rings is 3. The van der Waals surface area contributed by atoms with Gasteiger partial charge in [0.1, 0.15) is 23.0 Å². The number of hydrogen-bond donors (Lipinski definition) is 3. The van der Waals surface area contributed by atoms with Gasteiger partial charge in [-0.3, -0.25) is 9.59 Å². The van der Waals surface area contributed by atoms with E-state index in [0.29, 0.717) is 60.8 Å². The first-order valence-electron chi connectivity index (χ1n) is 18.1. The lowest BCUT2D eigenvalue weighted by atomic mass is 9.72. The van der Waals surface area contributed by atoms with Crippen LogP contribution in [0.15, 0.2) is 75.8 Å². The number of rotatable bonds is 4. The number of oxazole rings is 2. The number of para-hydroxylation sites is 1. The molecule has 1 amide bonds. The number of carbonyl (C=O) groups is 2. The Morgan fingerprint density at radius 3 is 2.77 bits per heavy atom. The van der Waals surface area contributed by atoms with E-state index in [9.17, 15) is 9.59 Å². The SMILES string of the molecule is CC(C)[C@@H]1NC(=O)C(CC(=O)[C@@H]2CCOC2)Cc2ccc3c(c2)[C@]24c5cccc(c5NC2O3)-c2cccc3[nH]cc(c23)-c2cnc(o2)-c2nc1oc24. The molecule has 1 fully saturated rings. The zero-order valence-corrected chi connectivity index (χ0v) is 28.6. The summed E-state index contributed by atoms with van der Waals surface area (Å²) in [6, 6.07) is 18.1. The fourth-order valence-corrected chi connectivity index (χ4v) is 9.17. The van der Waals surface area contributed by atoms with Gasteiger partial charge in [-0.2, -0.15) is 0 Å². The molecule has 0 saturated carbocycles. The molecule has 3 aromatic carbocycles. The van der Waals surface area contributed by atoms with Crippen LogP contribution < -0.4 is 15.4 Å². The van der Waals surface area contributed by atoms with Gasteiger partial charge in [0, 0.05) is 69.9 Å². The Labute approximate surface area is 298 Å². The number of nitrogens with zero attached hydrogens (tertiary/aromatic N) is 2. The van der Waals surface area contributed by atoms with Gasteiger partial charge in [0.2, 0.25) is 17.7 Å². The highest BCUT2D eigenvalue weighted by Crippen LogP contribution is 2.61. The average Bonchev–Trinajstić information content (AvgIpc) is 3.99. The third-order valence-corrected chi connectivity index (χ3v) is 11.8. The molecule has 1 saturated heterocycles. The van der Waals surface area contributed by atoms with E-state index in [-0.39, 0.29) is 29.9 Å². The maximum absolute atomic E-state index is 14.3. The molecule has 11 heteroatoms. The highest BCUT2D eigenvalue weighted by Gasteiger charge is 2.61. The predicted octanol–water partition coefficient (Wildman–Crippen LogP) is 6.92. The molecule has 0 radical (unpaired) electrons. The minimum atomic E-state index is -1.00. The summed E-state index contributed by atoms with van der Waals surface area (Å²) in [5.74, 6) is 1.42. The minimum absolute atomic E-state index is 0.0550. The van der Waals surface area contributed by atoms with Gasteiger partial charge in [-0.25, -0.2) is 9.97 Å². The van der Waals surface area contributed by atoms with E-state index in [1.165, 1.54) is 0 Å². The summed E-state index contributed by atoms with van der Waals surface area (Å²) in [5, 5.41) is 8.08. The molecule has 6 aromatic rings. The molecule has 3 N–H and O–H groups in total. The summed E-state index contributed by atoms with van der Waals surface area (Å²) in [7, 11) is 0.